The zero-order valence-corrected chi connectivity index (χ0v) is 12.9. The summed E-state index contributed by atoms with van der Waals surface area (Å²) in [7, 11) is 3.77. The van der Waals surface area contributed by atoms with Crippen LogP contribution in [0.4, 0.5) is 0 Å². The summed E-state index contributed by atoms with van der Waals surface area (Å²) in [5.41, 5.74) is -0.122. The maximum Gasteiger partial charge on any atom is 0.227 e. The monoisotopic (exact) mass is 283 g/mol. The minimum Gasteiger partial charge on any atom is -0.383 e. The van der Waals surface area contributed by atoms with Gasteiger partial charge < -0.3 is 20.3 Å². The third kappa shape index (κ3) is 3.51. The number of rotatable bonds is 7. The van der Waals surface area contributed by atoms with Crippen LogP contribution in [0.15, 0.2) is 0 Å². The normalized spacial score (nSPS) is 29.4. The summed E-state index contributed by atoms with van der Waals surface area (Å²) < 4.78 is 5.05. The van der Waals surface area contributed by atoms with E-state index in [9.17, 15) is 4.79 Å². The molecule has 2 aliphatic rings. The molecule has 0 bridgehead atoms. The highest BCUT2D eigenvalue weighted by atomic mass is 16.5. The van der Waals surface area contributed by atoms with E-state index in [-0.39, 0.29) is 11.3 Å². The molecule has 0 radical (unpaired) electrons. The van der Waals surface area contributed by atoms with Gasteiger partial charge in [0.05, 0.1) is 12.0 Å². The molecule has 1 heterocycles. The van der Waals surface area contributed by atoms with E-state index in [2.05, 4.69) is 22.6 Å². The molecule has 1 aliphatic carbocycles. The number of hydrogen-bond donors (Lipinski definition) is 2. The maximum atomic E-state index is 12.6. The van der Waals surface area contributed by atoms with Gasteiger partial charge in [0.15, 0.2) is 0 Å². The number of amides is 1. The fourth-order valence-electron chi connectivity index (χ4n) is 3.59. The molecule has 0 aromatic rings. The Morgan fingerprint density at radius 2 is 2.30 bits per heavy atom. The molecule has 0 aromatic heterocycles. The van der Waals surface area contributed by atoms with Crippen LogP contribution < -0.4 is 10.6 Å². The number of methoxy groups -OCH3 is 1. The van der Waals surface area contributed by atoms with Crippen LogP contribution in [0.25, 0.3) is 0 Å². The minimum absolute atomic E-state index is 0.122. The molecule has 1 aliphatic heterocycles. The van der Waals surface area contributed by atoms with Gasteiger partial charge in [-0.3, -0.25) is 4.79 Å². The van der Waals surface area contributed by atoms with Gasteiger partial charge in [-0.2, -0.15) is 0 Å². The predicted octanol–water partition coefficient (Wildman–Crippen LogP) is 0.461. The Bertz CT molecular complexity index is 324. The zero-order chi connectivity index (χ0) is 14.4. The van der Waals surface area contributed by atoms with Gasteiger partial charge in [-0.1, -0.05) is 12.8 Å². The number of nitrogens with zero attached hydrogens (tertiary/aromatic N) is 1. The van der Waals surface area contributed by atoms with Gasteiger partial charge >= 0.3 is 0 Å². The Hall–Kier alpha value is -0.650. The second-order valence-electron chi connectivity index (χ2n) is 6.28. The van der Waals surface area contributed by atoms with E-state index < -0.39 is 0 Å². The van der Waals surface area contributed by atoms with Crippen molar-refractivity contribution in [3.63, 3.8) is 0 Å². The summed E-state index contributed by atoms with van der Waals surface area (Å²) in [5.74, 6) is 0.815. The number of ether oxygens (including phenoxy) is 1. The molecule has 2 N–H and O–H groups in total. The Morgan fingerprint density at radius 3 is 3.10 bits per heavy atom. The number of carbonyl (C=O) groups is 1. The Kier molecular flexibility index (Phi) is 5.81. The lowest BCUT2D eigenvalue weighted by molar-refractivity contribution is -0.134. The fraction of sp³-hybridized carbons (Fsp3) is 0.933. The Labute approximate surface area is 122 Å². The summed E-state index contributed by atoms with van der Waals surface area (Å²) in [4.78, 5) is 14.8. The third-order valence-corrected chi connectivity index (χ3v) is 4.95. The fourth-order valence-corrected chi connectivity index (χ4v) is 3.59. The van der Waals surface area contributed by atoms with Crippen molar-refractivity contribution in [2.45, 2.75) is 25.7 Å². The number of likely N-dealkylation sites (N-methyl/N-ethyl adjacent to an activating group) is 1. The van der Waals surface area contributed by atoms with Gasteiger partial charge in [0.2, 0.25) is 5.91 Å². The van der Waals surface area contributed by atoms with Crippen LogP contribution in [0, 0.1) is 11.3 Å². The van der Waals surface area contributed by atoms with Crippen molar-refractivity contribution < 1.29 is 9.53 Å². The topological polar surface area (TPSA) is 53.6 Å². The van der Waals surface area contributed by atoms with E-state index in [1.165, 1.54) is 19.3 Å². The van der Waals surface area contributed by atoms with Crippen molar-refractivity contribution >= 4 is 5.91 Å². The molecule has 116 valence electrons. The Morgan fingerprint density at radius 1 is 1.45 bits per heavy atom. The molecule has 0 spiro atoms. The molecule has 20 heavy (non-hydrogen) atoms. The van der Waals surface area contributed by atoms with E-state index in [1.807, 2.05) is 0 Å². The summed E-state index contributed by atoms with van der Waals surface area (Å²) >= 11 is 0. The zero-order valence-electron chi connectivity index (χ0n) is 12.9. The molecule has 2 fully saturated rings. The number of hydrogen-bond acceptors (Lipinski definition) is 4. The summed E-state index contributed by atoms with van der Waals surface area (Å²) in [6.45, 7) is 5.13. The van der Waals surface area contributed by atoms with Crippen LogP contribution >= 0.6 is 0 Å². The van der Waals surface area contributed by atoms with Crippen LogP contribution in [0.3, 0.4) is 0 Å². The second-order valence-corrected chi connectivity index (χ2v) is 6.28. The molecule has 2 rings (SSSR count). The van der Waals surface area contributed by atoms with Crippen molar-refractivity contribution in [2.24, 2.45) is 11.3 Å². The van der Waals surface area contributed by atoms with Gasteiger partial charge in [0.25, 0.3) is 0 Å². The number of carbonyl (C=O) groups excluding carboxylic acids is 1. The molecular weight excluding hydrogens is 254 g/mol. The molecule has 5 heteroatoms. The first-order valence-corrected chi connectivity index (χ1v) is 7.85. The highest BCUT2D eigenvalue weighted by molar-refractivity contribution is 5.83. The van der Waals surface area contributed by atoms with Crippen molar-refractivity contribution in [1.29, 1.82) is 0 Å². The van der Waals surface area contributed by atoms with E-state index in [0.717, 1.165) is 45.8 Å². The third-order valence-electron chi connectivity index (χ3n) is 4.95. The van der Waals surface area contributed by atoms with Gasteiger partial charge in [0, 0.05) is 33.3 Å². The van der Waals surface area contributed by atoms with Crippen molar-refractivity contribution in [2.75, 3.05) is 53.5 Å². The quantitative estimate of drug-likeness (QED) is 0.713. The van der Waals surface area contributed by atoms with Gasteiger partial charge in [-0.15, -0.1) is 0 Å². The second kappa shape index (κ2) is 7.38. The first-order valence-electron chi connectivity index (χ1n) is 7.85. The van der Waals surface area contributed by atoms with Crippen LogP contribution in [-0.2, 0) is 9.53 Å². The first kappa shape index (κ1) is 15.7. The molecule has 2 atom stereocenters. The van der Waals surface area contributed by atoms with E-state index in [1.54, 1.807) is 7.11 Å². The molecule has 1 saturated carbocycles. The van der Waals surface area contributed by atoms with E-state index >= 15 is 0 Å². The lowest BCUT2D eigenvalue weighted by Crippen LogP contribution is -2.49. The van der Waals surface area contributed by atoms with Crippen molar-refractivity contribution in [3.8, 4) is 0 Å². The summed E-state index contributed by atoms with van der Waals surface area (Å²) in [5, 5.41) is 6.59. The SMILES string of the molecule is COCCN(C)CCNC(=O)[C@@]12CCCC[C@H]1CNC2. The molecule has 1 saturated heterocycles. The molecule has 5 nitrogen and oxygen atoms in total. The average molecular weight is 283 g/mol. The highest BCUT2D eigenvalue weighted by Crippen LogP contribution is 2.43. The standard InChI is InChI=1S/C15H29N3O2/c1-18(9-10-20-2)8-7-17-14(19)15-6-4-3-5-13(15)11-16-12-15/h13,16H,3-12H2,1-2H3,(H,17,19)/t13-,15+/m0/s1. The van der Waals surface area contributed by atoms with Crippen molar-refractivity contribution in [1.82, 2.24) is 15.5 Å². The molecule has 1 amide bonds. The molecule has 0 aromatic carbocycles. The summed E-state index contributed by atoms with van der Waals surface area (Å²) in [6, 6.07) is 0. The lowest BCUT2D eigenvalue weighted by Gasteiger charge is -2.37. The smallest absolute Gasteiger partial charge is 0.227 e. The first-order chi connectivity index (χ1) is 9.69. The minimum atomic E-state index is -0.122. The average Bonchev–Trinajstić information content (AvgIpc) is 2.90. The van der Waals surface area contributed by atoms with Crippen LogP contribution in [0.5, 0.6) is 0 Å². The lowest BCUT2D eigenvalue weighted by atomic mass is 9.67. The number of fused-ring (bicyclic) bond motifs is 1. The largest absolute Gasteiger partial charge is 0.383 e. The van der Waals surface area contributed by atoms with Crippen molar-refractivity contribution in [3.05, 3.63) is 0 Å². The predicted molar refractivity (Wildman–Crippen MR) is 79.6 cm³/mol. The Balaban J connectivity index is 1.76. The number of nitrogens with one attached hydrogen (secondary N) is 2. The van der Waals surface area contributed by atoms with Crippen LogP contribution in [0.1, 0.15) is 25.7 Å². The maximum absolute atomic E-state index is 12.6. The van der Waals surface area contributed by atoms with Gasteiger partial charge in [-0.05, 0) is 32.4 Å². The van der Waals surface area contributed by atoms with Crippen LogP contribution in [-0.4, -0.2) is 64.3 Å². The summed E-state index contributed by atoms with van der Waals surface area (Å²) in [6.07, 6.45) is 4.73. The van der Waals surface area contributed by atoms with Crippen LogP contribution in [0.2, 0.25) is 0 Å². The van der Waals surface area contributed by atoms with E-state index in [4.69, 9.17) is 4.74 Å². The highest BCUT2D eigenvalue weighted by Gasteiger charge is 2.49. The van der Waals surface area contributed by atoms with Gasteiger partial charge in [0.1, 0.15) is 0 Å². The van der Waals surface area contributed by atoms with E-state index in [0.29, 0.717) is 5.92 Å². The molecule has 0 unspecified atom stereocenters. The molecular formula is C15H29N3O2. The van der Waals surface area contributed by atoms with Gasteiger partial charge in [-0.25, -0.2) is 0 Å².